The quantitative estimate of drug-likeness (QED) is 0.595. The molecule has 0 atom stereocenters. The third-order valence-corrected chi connectivity index (χ3v) is 1.64. The molecule has 0 aromatic carbocycles. The fourth-order valence-corrected chi connectivity index (χ4v) is 1.18. The van der Waals surface area contributed by atoms with Gasteiger partial charge in [0, 0.05) is 0 Å². The smallest absolute Gasteiger partial charge is 0.202 e. The molecule has 0 amide bonds. The van der Waals surface area contributed by atoms with E-state index in [1.165, 1.54) is 0 Å². The number of halogens is 1. The van der Waals surface area contributed by atoms with Gasteiger partial charge in [-0.3, -0.25) is 0 Å². The number of aryl methyl sites for hydroxylation is 1. The summed E-state index contributed by atoms with van der Waals surface area (Å²) in [5, 5.41) is 0.275. The molecule has 0 aliphatic heterocycles. The number of anilines is 1. The van der Waals surface area contributed by atoms with Crippen LogP contribution in [0.5, 0.6) is 0 Å². The van der Waals surface area contributed by atoms with Gasteiger partial charge in [0.25, 0.3) is 0 Å². The van der Waals surface area contributed by atoms with E-state index in [0.717, 1.165) is 0 Å². The number of hydrogen-bond acceptors (Lipinski definition) is 4. The first-order valence-electron chi connectivity index (χ1n) is 3.32. The highest BCUT2D eigenvalue weighted by molar-refractivity contribution is 6.29. The summed E-state index contributed by atoms with van der Waals surface area (Å²) in [4.78, 5) is 14.7. The summed E-state index contributed by atoms with van der Waals surface area (Å²) < 4.78 is 0. The summed E-state index contributed by atoms with van der Waals surface area (Å²) in [5.41, 5.74) is 6.68. The standard InChI is InChI=1S/C6H6ClN5/c1-2-9-4(8)3-5(10-2)12-6(7)11-3/h1H3,(H3,8,9,10,11,12). The first kappa shape index (κ1) is 7.30. The van der Waals surface area contributed by atoms with Crippen molar-refractivity contribution >= 4 is 28.6 Å². The summed E-state index contributed by atoms with van der Waals surface area (Å²) in [7, 11) is 0. The molecule has 0 aliphatic rings. The molecule has 0 saturated carbocycles. The topological polar surface area (TPSA) is 80.5 Å². The summed E-state index contributed by atoms with van der Waals surface area (Å²) in [6.45, 7) is 1.75. The Morgan fingerprint density at radius 1 is 1.33 bits per heavy atom. The van der Waals surface area contributed by atoms with Crippen molar-refractivity contribution < 1.29 is 0 Å². The lowest BCUT2D eigenvalue weighted by Crippen LogP contribution is -1.96. The van der Waals surface area contributed by atoms with Crippen molar-refractivity contribution in [2.75, 3.05) is 5.73 Å². The lowest BCUT2D eigenvalue weighted by atomic mass is 10.5. The Balaban J connectivity index is 2.88. The minimum Gasteiger partial charge on any atom is -0.382 e. The number of H-pyrrole nitrogens is 1. The van der Waals surface area contributed by atoms with Gasteiger partial charge in [-0.25, -0.2) is 9.97 Å². The second-order valence-electron chi connectivity index (χ2n) is 2.38. The predicted octanol–water partition coefficient (Wildman–Crippen LogP) is 0.897. The Bertz CT molecular complexity index is 435. The van der Waals surface area contributed by atoms with E-state index in [1.807, 2.05) is 0 Å². The van der Waals surface area contributed by atoms with Crippen LogP contribution < -0.4 is 5.73 Å². The lowest BCUT2D eigenvalue weighted by Gasteiger charge is -1.94. The molecule has 2 aromatic rings. The number of nitrogens with two attached hydrogens (primary N) is 1. The van der Waals surface area contributed by atoms with Gasteiger partial charge >= 0.3 is 0 Å². The van der Waals surface area contributed by atoms with E-state index in [2.05, 4.69) is 19.9 Å². The molecule has 62 valence electrons. The number of aromatic amines is 1. The van der Waals surface area contributed by atoms with Crippen LogP contribution in [0, 0.1) is 6.92 Å². The summed E-state index contributed by atoms with van der Waals surface area (Å²) >= 11 is 5.62. The maximum absolute atomic E-state index is 5.62. The zero-order chi connectivity index (χ0) is 8.72. The molecule has 5 nitrogen and oxygen atoms in total. The minimum atomic E-state index is 0.275. The second kappa shape index (κ2) is 2.31. The molecule has 0 unspecified atom stereocenters. The number of rotatable bonds is 0. The van der Waals surface area contributed by atoms with Gasteiger partial charge in [-0.05, 0) is 18.5 Å². The van der Waals surface area contributed by atoms with E-state index in [-0.39, 0.29) is 5.28 Å². The van der Waals surface area contributed by atoms with Crippen LogP contribution >= 0.6 is 11.6 Å². The Morgan fingerprint density at radius 3 is 2.83 bits per heavy atom. The molecule has 0 radical (unpaired) electrons. The van der Waals surface area contributed by atoms with Crippen LogP contribution in [0.1, 0.15) is 5.82 Å². The molecule has 0 fully saturated rings. The van der Waals surface area contributed by atoms with Crippen LogP contribution in [0.15, 0.2) is 0 Å². The van der Waals surface area contributed by atoms with Gasteiger partial charge in [-0.15, -0.1) is 0 Å². The molecule has 2 rings (SSSR count). The van der Waals surface area contributed by atoms with Gasteiger partial charge in [-0.1, -0.05) is 0 Å². The Morgan fingerprint density at radius 2 is 2.08 bits per heavy atom. The van der Waals surface area contributed by atoms with E-state index in [4.69, 9.17) is 17.3 Å². The highest BCUT2D eigenvalue weighted by Gasteiger charge is 2.06. The average Bonchev–Trinajstić information content (AvgIpc) is 2.29. The SMILES string of the molecule is Cc1nc(N)c2[nH]c(Cl)nc2n1. The van der Waals surface area contributed by atoms with Crippen LogP contribution in [-0.2, 0) is 0 Å². The maximum Gasteiger partial charge on any atom is 0.202 e. The van der Waals surface area contributed by atoms with E-state index in [0.29, 0.717) is 22.8 Å². The molecule has 0 bridgehead atoms. The van der Waals surface area contributed by atoms with Gasteiger partial charge in [0.2, 0.25) is 5.28 Å². The van der Waals surface area contributed by atoms with Crippen LogP contribution in [0.4, 0.5) is 5.82 Å². The van der Waals surface area contributed by atoms with Gasteiger partial charge < -0.3 is 10.7 Å². The molecule has 2 heterocycles. The lowest BCUT2D eigenvalue weighted by molar-refractivity contribution is 1.09. The minimum absolute atomic E-state index is 0.275. The molecule has 0 aliphatic carbocycles. The van der Waals surface area contributed by atoms with Crippen LogP contribution in [-0.4, -0.2) is 19.9 Å². The van der Waals surface area contributed by atoms with Gasteiger partial charge in [0.1, 0.15) is 11.3 Å². The summed E-state index contributed by atoms with van der Waals surface area (Å²) in [6.07, 6.45) is 0. The van der Waals surface area contributed by atoms with E-state index >= 15 is 0 Å². The van der Waals surface area contributed by atoms with Crippen molar-refractivity contribution in [1.29, 1.82) is 0 Å². The van der Waals surface area contributed by atoms with E-state index in [1.54, 1.807) is 6.92 Å². The normalized spacial score (nSPS) is 10.8. The number of nitrogens with one attached hydrogen (secondary N) is 1. The summed E-state index contributed by atoms with van der Waals surface area (Å²) in [5.74, 6) is 0.958. The number of nitrogens with zero attached hydrogens (tertiary/aromatic N) is 3. The van der Waals surface area contributed by atoms with Crippen molar-refractivity contribution in [3.05, 3.63) is 11.1 Å². The first-order valence-corrected chi connectivity index (χ1v) is 3.70. The van der Waals surface area contributed by atoms with Crippen LogP contribution in [0.3, 0.4) is 0 Å². The number of aromatic nitrogens is 4. The fourth-order valence-electron chi connectivity index (χ4n) is 1.00. The molecule has 6 heteroatoms. The molecule has 0 saturated heterocycles. The van der Waals surface area contributed by atoms with Crippen molar-refractivity contribution in [2.24, 2.45) is 0 Å². The van der Waals surface area contributed by atoms with Gasteiger partial charge in [-0.2, -0.15) is 4.98 Å². The summed E-state index contributed by atoms with van der Waals surface area (Å²) in [6, 6.07) is 0. The van der Waals surface area contributed by atoms with Crippen molar-refractivity contribution in [3.63, 3.8) is 0 Å². The fraction of sp³-hybridized carbons (Fsp3) is 0.167. The molecule has 3 N–H and O–H groups in total. The Labute approximate surface area is 73.0 Å². The third-order valence-electron chi connectivity index (χ3n) is 1.46. The monoisotopic (exact) mass is 183 g/mol. The number of fused-ring (bicyclic) bond motifs is 1. The predicted molar refractivity (Wildman–Crippen MR) is 45.8 cm³/mol. The first-order chi connectivity index (χ1) is 5.66. The highest BCUT2D eigenvalue weighted by atomic mass is 35.5. The zero-order valence-electron chi connectivity index (χ0n) is 6.30. The van der Waals surface area contributed by atoms with Gasteiger partial charge in [0.15, 0.2) is 11.5 Å². The molecule has 0 spiro atoms. The number of hydrogen-bond donors (Lipinski definition) is 2. The zero-order valence-corrected chi connectivity index (χ0v) is 7.05. The van der Waals surface area contributed by atoms with E-state index < -0.39 is 0 Å². The maximum atomic E-state index is 5.62. The molecular weight excluding hydrogens is 178 g/mol. The number of imidazole rings is 1. The van der Waals surface area contributed by atoms with Crippen LogP contribution in [0.25, 0.3) is 11.2 Å². The number of nitrogen functional groups attached to an aromatic ring is 1. The molecule has 2 aromatic heterocycles. The Kier molecular flexibility index (Phi) is 1.41. The van der Waals surface area contributed by atoms with Crippen molar-refractivity contribution in [1.82, 2.24) is 19.9 Å². The molecular formula is C6H6ClN5. The van der Waals surface area contributed by atoms with Gasteiger partial charge in [0.05, 0.1) is 0 Å². The Hall–Kier alpha value is -1.36. The van der Waals surface area contributed by atoms with Crippen LogP contribution in [0.2, 0.25) is 5.28 Å². The van der Waals surface area contributed by atoms with Crippen molar-refractivity contribution in [3.8, 4) is 0 Å². The average molecular weight is 184 g/mol. The largest absolute Gasteiger partial charge is 0.382 e. The van der Waals surface area contributed by atoms with E-state index in [9.17, 15) is 0 Å². The second-order valence-corrected chi connectivity index (χ2v) is 2.74. The highest BCUT2D eigenvalue weighted by Crippen LogP contribution is 2.16. The third kappa shape index (κ3) is 0.984. The molecule has 12 heavy (non-hydrogen) atoms. The van der Waals surface area contributed by atoms with Crippen molar-refractivity contribution in [2.45, 2.75) is 6.92 Å².